The lowest BCUT2D eigenvalue weighted by atomic mass is 10.1. The van der Waals surface area contributed by atoms with Crippen LogP contribution in [0.2, 0.25) is 5.02 Å². The molecule has 0 saturated carbocycles. The van der Waals surface area contributed by atoms with Crippen molar-refractivity contribution in [3.05, 3.63) is 100 Å². The maximum absolute atomic E-state index is 13.2. The van der Waals surface area contributed by atoms with Crippen molar-refractivity contribution in [2.24, 2.45) is 0 Å². The van der Waals surface area contributed by atoms with Gasteiger partial charge in [-0.2, -0.15) is 0 Å². The van der Waals surface area contributed by atoms with Crippen molar-refractivity contribution in [1.29, 1.82) is 0 Å². The highest BCUT2D eigenvalue weighted by Gasteiger charge is 2.31. The van der Waals surface area contributed by atoms with E-state index < -0.39 is 0 Å². The molecule has 1 N–H and O–H groups in total. The molecule has 0 saturated heterocycles. The van der Waals surface area contributed by atoms with Crippen molar-refractivity contribution in [3.8, 4) is 5.75 Å². The number of halogens is 1. The molecule has 0 aromatic heterocycles. The Bertz CT molecular complexity index is 1160. The van der Waals surface area contributed by atoms with Crippen LogP contribution in [0.4, 0.5) is 5.69 Å². The number of ether oxygens (including phenoxy) is 1. The Kier molecular flexibility index (Phi) is 6.05. The van der Waals surface area contributed by atoms with Crippen LogP contribution in [-0.2, 0) is 16.1 Å². The van der Waals surface area contributed by atoms with Crippen molar-refractivity contribution in [1.82, 2.24) is 5.32 Å². The minimum atomic E-state index is -0.359. The predicted octanol–water partition coefficient (Wildman–Crippen LogP) is 4.73. The number of nitrogens with zero attached hydrogens (tertiary/aromatic N) is 1. The number of amides is 2. The third-order valence-electron chi connectivity index (χ3n) is 4.88. The number of anilines is 1. The molecule has 1 aliphatic heterocycles. The molecule has 0 bridgehead atoms. The van der Waals surface area contributed by atoms with Crippen molar-refractivity contribution < 1.29 is 14.3 Å². The van der Waals surface area contributed by atoms with Gasteiger partial charge >= 0.3 is 0 Å². The van der Waals surface area contributed by atoms with Gasteiger partial charge in [-0.15, -0.1) is 0 Å². The first-order valence-corrected chi connectivity index (χ1v) is 10.3. The third kappa shape index (κ3) is 4.95. The monoisotopic (exact) mass is 432 g/mol. The highest BCUT2D eigenvalue weighted by molar-refractivity contribution is 6.30. The number of aryl methyl sites for hydroxylation is 1. The summed E-state index contributed by atoms with van der Waals surface area (Å²) in [6, 6.07) is 22.2. The van der Waals surface area contributed by atoms with Crippen LogP contribution in [0.25, 0.3) is 6.08 Å². The van der Waals surface area contributed by atoms with Gasteiger partial charge in [-0.25, -0.2) is 0 Å². The average molecular weight is 433 g/mol. The lowest BCUT2D eigenvalue weighted by molar-refractivity contribution is -0.123. The minimum absolute atomic E-state index is 0.113. The van der Waals surface area contributed by atoms with Gasteiger partial charge in [0.2, 0.25) is 5.91 Å². The average Bonchev–Trinajstić information content (AvgIpc) is 2.76. The normalized spacial score (nSPS) is 14.2. The molecule has 3 aromatic carbocycles. The van der Waals surface area contributed by atoms with E-state index in [1.165, 1.54) is 4.90 Å². The Labute approximate surface area is 185 Å². The van der Waals surface area contributed by atoms with Crippen LogP contribution in [0.1, 0.15) is 16.7 Å². The van der Waals surface area contributed by atoms with E-state index >= 15 is 0 Å². The Morgan fingerprint density at radius 2 is 1.84 bits per heavy atom. The van der Waals surface area contributed by atoms with Gasteiger partial charge in [0.05, 0.1) is 5.69 Å². The summed E-state index contributed by atoms with van der Waals surface area (Å²) in [4.78, 5) is 27.2. The molecule has 2 amide bonds. The zero-order chi connectivity index (χ0) is 21.8. The number of carbonyl (C=O) groups is 2. The van der Waals surface area contributed by atoms with Gasteiger partial charge in [-0.3, -0.25) is 14.5 Å². The minimum Gasteiger partial charge on any atom is -0.449 e. The fourth-order valence-corrected chi connectivity index (χ4v) is 3.46. The largest absolute Gasteiger partial charge is 0.449 e. The van der Waals surface area contributed by atoms with Crippen molar-refractivity contribution >= 4 is 35.2 Å². The molecule has 0 fully saturated rings. The van der Waals surface area contributed by atoms with Gasteiger partial charge in [-0.05, 0) is 48.4 Å². The van der Waals surface area contributed by atoms with E-state index in [4.69, 9.17) is 16.3 Å². The maximum atomic E-state index is 13.2. The van der Waals surface area contributed by atoms with E-state index in [-0.39, 0.29) is 24.1 Å². The van der Waals surface area contributed by atoms with Crippen molar-refractivity contribution in [2.45, 2.75) is 13.5 Å². The maximum Gasteiger partial charge on any atom is 0.294 e. The molecule has 0 unspecified atom stereocenters. The van der Waals surface area contributed by atoms with Crippen LogP contribution in [0.3, 0.4) is 0 Å². The molecule has 3 aromatic rings. The van der Waals surface area contributed by atoms with Gasteiger partial charge in [0.25, 0.3) is 5.91 Å². The standard InChI is InChI=1S/C25H21ClN2O3/c1-17-5-4-6-19(13-17)14-23-25(30)28(21-7-2-3-8-22(21)31-23)16-24(29)27-15-18-9-11-20(26)12-10-18/h2-14H,15-16H2,1H3,(H,27,29)/b23-14+. The van der Waals surface area contributed by atoms with E-state index in [1.54, 1.807) is 30.3 Å². The lowest BCUT2D eigenvalue weighted by Crippen LogP contribution is -2.44. The van der Waals surface area contributed by atoms with Crippen molar-refractivity contribution in [2.75, 3.05) is 11.4 Å². The van der Waals surface area contributed by atoms with Gasteiger partial charge in [0.1, 0.15) is 6.54 Å². The fourth-order valence-electron chi connectivity index (χ4n) is 3.33. The molecule has 0 radical (unpaired) electrons. The van der Waals surface area contributed by atoms with Gasteiger partial charge in [-0.1, -0.05) is 65.7 Å². The molecule has 0 atom stereocenters. The molecule has 4 rings (SSSR count). The van der Waals surface area contributed by atoms with E-state index in [9.17, 15) is 9.59 Å². The number of fused-ring (bicyclic) bond motifs is 1. The topological polar surface area (TPSA) is 58.6 Å². The number of para-hydroxylation sites is 2. The molecule has 1 heterocycles. The second-order valence-corrected chi connectivity index (χ2v) is 7.72. The molecule has 0 aliphatic carbocycles. The van der Waals surface area contributed by atoms with Gasteiger partial charge < -0.3 is 10.1 Å². The summed E-state index contributed by atoms with van der Waals surface area (Å²) in [6.45, 7) is 2.22. The molecule has 1 aliphatic rings. The summed E-state index contributed by atoms with van der Waals surface area (Å²) < 4.78 is 5.87. The summed E-state index contributed by atoms with van der Waals surface area (Å²) in [7, 11) is 0. The Hall–Kier alpha value is -3.57. The van der Waals surface area contributed by atoms with E-state index in [0.29, 0.717) is 23.0 Å². The zero-order valence-electron chi connectivity index (χ0n) is 17.0. The summed E-state index contributed by atoms with van der Waals surface area (Å²) in [5, 5.41) is 3.49. The summed E-state index contributed by atoms with van der Waals surface area (Å²) in [5.41, 5.74) is 3.42. The number of benzene rings is 3. The molecule has 6 heteroatoms. The lowest BCUT2D eigenvalue weighted by Gasteiger charge is -2.30. The fraction of sp³-hybridized carbons (Fsp3) is 0.120. The third-order valence-corrected chi connectivity index (χ3v) is 5.13. The Balaban J connectivity index is 1.54. The number of hydrogen-bond donors (Lipinski definition) is 1. The summed E-state index contributed by atoms with van der Waals surface area (Å²) in [6.07, 6.45) is 1.70. The smallest absolute Gasteiger partial charge is 0.294 e. The first-order valence-electron chi connectivity index (χ1n) is 9.88. The van der Waals surface area contributed by atoms with E-state index in [0.717, 1.165) is 16.7 Å². The van der Waals surface area contributed by atoms with Crippen LogP contribution in [-0.4, -0.2) is 18.4 Å². The number of carbonyl (C=O) groups excluding carboxylic acids is 2. The molecule has 0 spiro atoms. The summed E-state index contributed by atoms with van der Waals surface area (Å²) in [5.74, 6) is 0.0815. The van der Waals surface area contributed by atoms with Crippen LogP contribution in [0.5, 0.6) is 5.75 Å². The second-order valence-electron chi connectivity index (χ2n) is 7.29. The van der Waals surface area contributed by atoms with E-state index in [2.05, 4.69) is 5.32 Å². The highest BCUT2D eigenvalue weighted by atomic mass is 35.5. The molecular weight excluding hydrogens is 412 g/mol. The molecule has 156 valence electrons. The first kappa shape index (κ1) is 20.7. The van der Waals surface area contributed by atoms with Gasteiger partial charge in [0, 0.05) is 11.6 Å². The molecular formula is C25H21ClN2O3. The Morgan fingerprint density at radius 1 is 1.06 bits per heavy atom. The van der Waals surface area contributed by atoms with Crippen molar-refractivity contribution in [3.63, 3.8) is 0 Å². The first-order chi connectivity index (χ1) is 15.0. The van der Waals surface area contributed by atoms with Crippen LogP contribution in [0.15, 0.2) is 78.6 Å². The molecule has 5 nitrogen and oxygen atoms in total. The number of hydrogen-bond acceptors (Lipinski definition) is 3. The number of rotatable bonds is 5. The number of nitrogens with one attached hydrogen (secondary N) is 1. The van der Waals surface area contributed by atoms with Crippen LogP contribution >= 0.6 is 11.6 Å². The summed E-state index contributed by atoms with van der Waals surface area (Å²) >= 11 is 5.90. The predicted molar refractivity (Wildman–Crippen MR) is 122 cm³/mol. The quantitative estimate of drug-likeness (QED) is 0.593. The Morgan fingerprint density at radius 3 is 2.61 bits per heavy atom. The second kappa shape index (κ2) is 9.06. The van der Waals surface area contributed by atoms with Gasteiger partial charge in [0.15, 0.2) is 11.5 Å². The van der Waals surface area contributed by atoms with E-state index in [1.807, 2.05) is 55.5 Å². The SMILES string of the molecule is Cc1cccc(/C=C2/Oc3ccccc3N(CC(=O)NCc3ccc(Cl)cc3)C2=O)c1. The molecule has 31 heavy (non-hydrogen) atoms. The van der Waals surface area contributed by atoms with Crippen LogP contribution < -0.4 is 15.0 Å². The van der Waals surface area contributed by atoms with Crippen LogP contribution in [0, 0.1) is 6.92 Å². The highest BCUT2D eigenvalue weighted by Crippen LogP contribution is 2.35. The zero-order valence-corrected chi connectivity index (χ0v) is 17.7.